The van der Waals surface area contributed by atoms with Crippen molar-refractivity contribution < 1.29 is 9.21 Å². The maximum absolute atomic E-state index is 12.3. The second-order valence-corrected chi connectivity index (χ2v) is 6.34. The van der Waals surface area contributed by atoms with E-state index in [1.807, 2.05) is 54.6 Å². The third-order valence-electron chi connectivity index (χ3n) is 3.53. The van der Waals surface area contributed by atoms with Gasteiger partial charge in [-0.3, -0.25) is 4.79 Å². The number of rotatable bonds is 5. The molecule has 0 N–H and O–H groups in total. The molecule has 0 unspecified atom stereocenters. The molecular formula is C18H16BrN3O2. The van der Waals surface area contributed by atoms with Crippen LogP contribution in [0.2, 0.25) is 0 Å². The van der Waals surface area contributed by atoms with Crippen molar-refractivity contribution in [3.05, 3.63) is 70.5 Å². The molecule has 0 saturated heterocycles. The molecule has 122 valence electrons. The van der Waals surface area contributed by atoms with Crippen LogP contribution in [0.5, 0.6) is 0 Å². The second kappa shape index (κ2) is 7.40. The van der Waals surface area contributed by atoms with Gasteiger partial charge in [-0.15, -0.1) is 10.2 Å². The Kier molecular flexibility index (Phi) is 5.05. The standard InChI is InChI=1S/C18H16BrN3O2/c1-22(12-13-6-3-2-4-7-13)17(23)11-16-20-21-18(24-16)14-8-5-9-15(19)10-14/h2-10H,11-12H2,1H3. The van der Waals surface area contributed by atoms with Gasteiger partial charge in [0.1, 0.15) is 6.42 Å². The topological polar surface area (TPSA) is 59.2 Å². The fraction of sp³-hybridized carbons (Fsp3) is 0.167. The summed E-state index contributed by atoms with van der Waals surface area (Å²) in [5, 5.41) is 7.99. The van der Waals surface area contributed by atoms with Crippen LogP contribution in [0.15, 0.2) is 63.5 Å². The monoisotopic (exact) mass is 385 g/mol. The Morgan fingerprint density at radius 3 is 2.67 bits per heavy atom. The van der Waals surface area contributed by atoms with Crippen LogP contribution in [0.1, 0.15) is 11.5 Å². The lowest BCUT2D eigenvalue weighted by molar-refractivity contribution is -0.130. The molecule has 0 spiro atoms. The van der Waals surface area contributed by atoms with Crippen molar-refractivity contribution in [2.24, 2.45) is 0 Å². The molecule has 24 heavy (non-hydrogen) atoms. The first kappa shape index (κ1) is 16.4. The smallest absolute Gasteiger partial charge is 0.247 e. The Labute approximate surface area is 148 Å². The highest BCUT2D eigenvalue weighted by Gasteiger charge is 2.16. The van der Waals surface area contributed by atoms with Gasteiger partial charge < -0.3 is 9.32 Å². The molecule has 0 aliphatic carbocycles. The number of amides is 1. The van der Waals surface area contributed by atoms with Gasteiger partial charge in [-0.2, -0.15) is 0 Å². The van der Waals surface area contributed by atoms with E-state index in [1.54, 1.807) is 11.9 Å². The number of hydrogen-bond donors (Lipinski definition) is 0. The zero-order chi connectivity index (χ0) is 16.9. The molecule has 6 heteroatoms. The molecule has 5 nitrogen and oxygen atoms in total. The summed E-state index contributed by atoms with van der Waals surface area (Å²) in [5.41, 5.74) is 1.89. The van der Waals surface area contributed by atoms with Gasteiger partial charge in [0.2, 0.25) is 17.7 Å². The van der Waals surface area contributed by atoms with Gasteiger partial charge >= 0.3 is 0 Å². The summed E-state index contributed by atoms with van der Waals surface area (Å²) in [6, 6.07) is 17.4. The molecule has 2 aromatic carbocycles. The second-order valence-electron chi connectivity index (χ2n) is 5.42. The summed E-state index contributed by atoms with van der Waals surface area (Å²) in [6.45, 7) is 0.548. The Bertz CT molecular complexity index is 833. The van der Waals surface area contributed by atoms with Crippen LogP contribution in [-0.4, -0.2) is 28.1 Å². The summed E-state index contributed by atoms with van der Waals surface area (Å²) in [4.78, 5) is 14.0. The Hall–Kier alpha value is -2.47. The van der Waals surface area contributed by atoms with Gasteiger partial charge in [0, 0.05) is 23.6 Å². The van der Waals surface area contributed by atoms with E-state index in [4.69, 9.17) is 4.42 Å². The number of carbonyl (C=O) groups is 1. The number of aromatic nitrogens is 2. The summed E-state index contributed by atoms with van der Waals surface area (Å²) in [6.07, 6.45) is 0.0876. The number of likely N-dealkylation sites (N-methyl/N-ethyl adjacent to an activating group) is 1. The maximum Gasteiger partial charge on any atom is 0.247 e. The highest BCUT2D eigenvalue weighted by atomic mass is 79.9. The first-order valence-corrected chi connectivity index (χ1v) is 8.27. The molecule has 0 atom stereocenters. The molecule has 0 saturated carbocycles. The van der Waals surface area contributed by atoms with E-state index in [2.05, 4.69) is 26.1 Å². The number of halogens is 1. The third kappa shape index (κ3) is 4.08. The van der Waals surface area contributed by atoms with Crippen LogP contribution in [-0.2, 0) is 17.8 Å². The molecule has 1 aromatic heterocycles. The summed E-state index contributed by atoms with van der Waals surface area (Å²) >= 11 is 3.41. The van der Waals surface area contributed by atoms with Crippen LogP contribution in [0.3, 0.4) is 0 Å². The van der Waals surface area contributed by atoms with Crippen molar-refractivity contribution in [2.45, 2.75) is 13.0 Å². The predicted octanol–water partition coefficient (Wildman–Crippen LogP) is 3.70. The van der Waals surface area contributed by atoms with Gasteiger partial charge in [0.05, 0.1) is 0 Å². The lowest BCUT2D eigenvalue weighted by Crippen LogP contribution is -2.27. The summed E-state index contributed by atoms with van der Waals surface area (Å²) in [5.74, 6) is 0.656. The minimum Gasteiger partial charge on any atom is -0.420 e. The average Bonchev–Trinajstić information content (AvgIpc) is 3.04. The molecule has 0 radical (unpaired) electrons. The van der Waals surface area contributed by atoms with Crippen molar-refractivity contribution >= 4 is 21.8 Å². The minimum absolute atomic E-state index is 0.0664. The van der Waals surface area contributed by atoms with Crippen LogP contribution in [0.25, 0.3) is 11.5 Å². The van der Waals surface area contributed by atoms with Crippen LogP contribution < -0.4 is 0 Å². The first-order valence-electron chi connectivity index (χ1n) is 7.48. The van der Waals surface area contributed by atoms with E-state index < -0.39 is 0 Å². The van der Waals surface area contributed by atoms with Crippen LogP contribution in [0.4, 0.5) is 0 Å². The van der Waals surface area contributed by atoms with Crippen molar-refractivity contribution in [1.29, 1.82) is 0 Å². The lowest BCUT2D eigenvalue weighted by atomic mass is 10.2. The average molecular weight is 386 g/mol. The first-order chi connectivity index (χ1) is 11.6. The Morgan fingerprint density at radius 2 is 1.92 bits per heavy atom. The third-order valence-corrected chi connectivity index (χ3v) is 4.02. The van der Waals surface area contributed by atoms with Gasteiger partial charge in [-0.05, 0) is 23.8 Å². The van der Waals surface area contributed by atoms with Crippen molar-refractivity contribution in [1.82, 2.24) is 15.1 Å². The molecule has 0 bridgehead atoms. The van der Waals surface area contributed by atoms with Gasteiger partial charge in [-0.1, -0.05) is 52.3 Å². The van der Waals surface area contributed by atoms with E-state index in [1.165, 1.54) is 0 Å². The van der Waals surface area contributed by atoms with Crippen molar-refractivity contribution in [3.63, 3.8) is 0 Å². The molecule has 3 rings (SSSR count). The molecule has 1 heterocycles. The fourth-order valence-corrected chi connectivity index (χ4v) is 2.67. The normalized spacial score (nSPS) is 10.6. The van der Waals surface area contributed by atoms with E-state index in [0.717, 1.165) is 15.6 Å². The molecular weight excluding hydrogens is 370 g/mol. The number of carbonyl (C=O) groups excluding carboxylic acids is 1. The molecule has 3 aromatic rings. The zero-order valence-corrected chi connectivity index (χ0v) is 14.7. The highest BCUT2D eigenvalue weighted by Crippen LogP contribution is 2.22. The predicted molar refractivity (Wildman–Crippen MR) is 94.1 cm³/mol. The Morgan fingerprint density at radius 1 is 1.12 bits per heavy atom. The van der Waals surface area contributed by atoms with Crippen molar-refractivity contribution in [3.8, 4) is 11.5 Å². The SMILES string of the molecule is CN(Cc1ccccc1)C(=O)Cc1nnc(-c2cccc(Br)c2)o1. The maximum atomic E-state index is 12.3. The van der Waals surface area contributed by atoms with Crippen LogP contribution >= 0.6 is 15.9 Å². The zero-order valence-electron chi connectivity index (χ0n) is 13.1. The number of hydrogen-bond acceptors (Lipinski definition) is 4. The van der Waals surface area contributed by atoms with Gasteiger partial charge in [0.15, 0.2) is 0 Å². The fourth-order valence-electron chi connectivity index (χ4n) is 2.27. The summed E-state index contributed by atoms with van der Waals surface area (Å²) in [7, 11) is 1.76. The number of nitrogens with zero attached hydrogens (tertiary/aromatic N) is 3. The van der Waals surface area contributed by atoms with Crippen LogP contribution in [0, 0.1) is 0 Å². The molecule has 0 aliphatic rings. The van der Waals surface area contributed by atoms with E-state index >= 15 is 0 Å². The molecule has 1 amide bonds. The van der Waals surface area contributed by atoms with E-state index in [0.29, 0.717) is 18.3 Å². The quantitative estimate of drug-likeness (QED) is 0.671. The van der Waals surface area contributed by atoms with E-state index in [-0.39, 0.29) is 12.3 Å². The van der Waals surface area contributed by atoms with Gasteiger partial charge in [-0.25, -0.2) is 0 Å². The largest absolute Gasteiger partial charge is 0.420 e. The van der Waals surface area contributed by atoms with E-state index in [9.17, 15) is 4.79 Å². The van der Waals surface area contributed by atoms with Crippen molar-refractivity contribution in [2.75, 3.05) is 7.05 Å². The lowest BCUT2D eigenvalue weighted by Gasteiger charge is -2.16. The highest BCUT2D eigenvalue weighted by molar-refractivity contribution is 9.10. The minimum atomic E-state index is -0.0664. The molecule has 0 fully saturated rings. The summed E-state index contributed by atoms with van der Waals surface area (Å²) < 4.78 is 6.53. The van der Waals surface area contributed by atoms with Gasteiger partial charge in [0.25, 0.3) is 0 Å². The number of benzene rings is 2. The Balaban J connectivity index is 1.65. The molecule has 0 aliphatic heterocycles.